The van der Waals surface area contributed by atoms with Crippen LogP contribution in [0.15, 0.2) is 24.3 Å². The van der Waals surface area contributed by atoms with E-state index in [1.807, 2.05) is 19.9 Å². The van der Waals surface area contributed by atoms with Crippen LogP contribution in [-0.4, -0.2) is 123 Å². The Labute approximate surface area is 295 Å². The quantitative estimate of drug-likeness (QED) is 0.188. The van der Waals surface area contributed by atoms with Gasteiger partial charge in [-0.15, -0.1) is 0 Å². The standard InChI is InChI=1S/C36H57NO13/c1-10-14-29(41)49-33-23(4)46-36(32(43)31(33)37(7)8)50-34-26(17-18-38)19-21(2)27(47-24(5)39)16-13-11-12-15-22(3)45-30(42)20-28(35(34)44-9)48-25(6)40/h11-13,16,18,21-23,26-28,31-36,43H,10,14-15,17,19-20H2,1-9H3/b12-11+,16-13+/t21-,22-,23+,26+,27+,28-,31+,32+,33+,34+,35+,36-/m1/s1. The number of aliphatic hydroxyl groups excluding tert-OH is 1. The number of carbonyl (C=O) groups excluding carboxylic acids is 5. The number of rotatable bonds is 11. The smallest absolute Gasteiger partial charge is 0.309 e. The Hall–Kier alpha value is -3.17. The number of hydrogen-bond donors (Lipinski definition) is 1. The van der Waals surface area contributed by atoms with Crippen molar-refractivity contribution in [1.29, 1.82) is 0 Å². The van der Waals surface area contributed by atoms with Crippen LogP contribution in [0.2, 0.25) is 0 Å². The average Bonchev–Trinajstić information content (AvgIpc) is 3.01. The molecule has 2 aliphatic heterocycles. The summed E-state index contributed by atoms with van der Waals surface area (Å²) in [6, 6.07) is -0.757. The van der Waals surface area contributed by atoms with Gasteiger partial charge in [-0.2, -0.15) is 0 Å². The molecule has 0 radical (unpaired) electrons. The van der Waals surface area contributed by atoms with Gasteiger partial charge in [0.2, 0.25) is 0 Å². The van der Waals surface area contributed by atoms with Crippen molar-refractivity contribution in [2.75, 3.05) is 21.2 Å². The number of hydrogen-bond acceptors (Lipinski definition) is 14. The van der Waals surface area contributed by atoms with Gasteiger partial charge in [-0.05, 0) is 58.7 Å². The summed E-state index contributed by atoms with van der Waals surface area (Å²) in [7, 11) is 4.81. The van der Waals surface area contributed by atoms with Crippen LogP contribution < -0.4 is 0 Å². The molecule has 2 aliphatic rings. The summed E-state index contributed by atoms with van der Waals surface area (Å²) < 4.78 is 41.3. The average molecular weight is 712 g/mol. The summed E-state index contributed by atoms with van der Waals surface area (Å²) in [4.78, 5) is 64.1. The number of nitrogens with zero attached hydrogens (tertiary/aromatic N) is 1. The molecule has 1 N–H and O–H groups in total. The van der Waals surface area contributed by atoms with E-state index in [-0.39, 0.29) is 25.2 Å². The van der Waals surface area contributed by atoms with Gasteiger partial charge in [0.05, 0.1) is 24.7 Å². The second kappa shape index (κ2) is 21.3. The number of aldehydes is 1. The highest BCUT2D eigenvalue weighted by Crippen LogP contribution is 2.35. The van der Waals surface area contributed by atoms with Crippen LogP contribution in [0.1, 0.15) is 80.1 Å². The van der Waals surface area contributed by atoms with E-state index in [1.54, 1.807) is 51.1 Å². The highest BCUT2D eigenvalue weighted by Gasteiger charge is 2.50. The zero-order valence-corrected chi connectivity index (χ0v) is 30.9. The Morgan fingerprint density at radius 1 is 1.02 bits per heavy atom. The van der Waals surface area contributed by atoms with E-state index in [9.17, 15) is 29.1 Å². The van der Waals surface area contributed by atoms with Crippen LogP contribution in [0, 0.1) is 11.8 Å². The molecule has 0 aromatic rings. The maximum Gasteiger partial charge on any atom is 0.309 e. The molecule has 12 atom stereocenters. The summed E-state index contributed by atoms with van der Waals surface area (Å²) in [5, 5.41) is 11.7. The first-order valence-electron chi connectivity index (χ1n) is 17.3. The van der Waals surface area contributed by atoms with Gasteiger partial charge in [0.1, 0.15) is 42.9 Å². The zero-order valence-electron chi connectivity index (χ0n) is 30.9. The van der Waals surface area contributed by atoms with Crippen LogP contribution in [-0.2, 0) is 57.1 Å². The maximum atomic E-state index is 13.2. The van der Waals surface area contributed by atoms with E-state index in [0.29, 0.717) is 19.1 Å². The molecule has 1 fully saturated rings. The van der Waals surface area contributed by atoms with Crippen LogP contribution in [0.25, 0.3) is 0 Å². The lowest BCUT2D eigenvalue weighted by Crippen LogP contribution is -2.64. The van der Waals surface area contributed by atoms with E-state index >= 15 is 0 Å². The molecule has 14 nitrogen and oxygen atoms in total. The van der Waals surface area contributed by atoms with Gasteiger partial charge in [-0.25, -0.2) is 0 Å². The Kier molecular flexibility index (Phi) is 18.3. The number of likely N-dealkylation sites (N-methyl/N-ethyl adjacent to an activating group) is 1. The molecular formula is C36H57NO13. The van der Waals surface area contributed by atoms with Crippen molar-refractivity contribution >= 4 is 30.2 Å². The molecular weight excluding hydrogens is 654 g/mol. The van der Waals surface area contributed by atoms with Gasteiger partial charge < -0.3 is 48.0 Å². The predicted octanol–water partition coefficient (Wildman–Crippen LogP) is 3.07. The molecule has 0 aliphatic carbocycles. The number of cyclic esters (lactones) is 1. The number of allylic oxidation sites excluding steroid dienone is 2. The minimum atomic E-state index is -1.37. The minimum absolute atomic E-state index is 0.0771. The molecule has 2 rings (SSSR count). The summed E-state index contributed by atoms with van der Waals surface area (Å²) >= 11 is 0. The lowest BCUT2D eigenvalue weighted by atomic mass is 9.82. The molecule has 0 saturated carbocycles. The molecule has 2 heterocycles. The van der Waals surface area contributed by atoms with Crippen molar-refractivity contribution in [3.8, 4) is 0 Å². The van der Waals surface area contributed by atoms with Gasteiger partial charge in [0.25, 0.3) is 0 Å². The van der Waals surface area contributed by atoms with Gasteiger partial charge in [-0.3, -0.25) is 19.2 Å². The van der Waals surface area contributed by atoms with Crippen molar-refractivity contribution in [2.24, 2.45) is 11.8 Å². The largest absolute Gasteiger partial charge is 0.462 e. The molecule has 50 heavy (non-hydrogen) atoms. The second-order valence-corrected chi connectivity index (χ2v) is 13.3. The summed E-state index contributed by atoms with van der Waals surface area (Å²) in [6.45, 7) is 9.63. The molecule has 14 heteroatoms. The highest BCUT2D eigenvalue weighted by atomic mass is 16.7. The van der Waals surface area contributed by atoms with E-state index in [2.05, 4.69) is 0 Å². The fourth-order valence-corrected chi connectivity index (χ4v) is 6.49. The fourth-order valence-electron chi connectivity index (χ4n) is 6.49. The van der Waals surface area contributed by atoms with Crippen molar-refractivity contribution in [2.45, 2.75) is 141 Å². The normalized spacial score (nSPS) is 35.7. The van der Waals surface area contributed by atoms with Crippen LogP contribution in [0.4, 0.5) is 0 Å². The molecule has 0 amide bonds. The topological polar surface area (TPSA) is 173 Å². The Morgan fingerprint density at radius 3 is 2.28 bits per heavy atom. The van der Waals surface area contributed by atoms with Gasteiger partial charge in [0, 0.05) is 40.2 Å². The van der Waals surface area contributed by atoms with Crippen LogP contribution in [0.3, 0.4) is 0 Å². The van der Waals surface area contributed by atoms with E-state index < -0.39 is 97.4 Å². The molecule has 0 spiro atoms. The molecule has 0 aromatic carbocycles. The number of aliphatic hydroxyl groups is 1. The lowest BCUT2D eigenvalue weighted by molar-refractivity contribution is -0.311. The molecule has 0 unspecified atom stereocenters. The molecule has 1 saturated heterocycles. The number of esters is 4. The second-order valence-electron chi connectivity index (χ2n) is 13.3. The molecule has 0 bridgehead atoms. The van der Waals surface area contributed by atoms with Crippen molar-refractivity contribution < 1.29 is 62.2 Å². The number of methoxy groups -OCH3 is 1. The lowest BCUT2D eigenvalue weighted by Gasteiger charge is -2.47. The van der Waals surface area contributed by atoms with Crippen molar-refractivity contribution in [1.82, 2.24) is 4.90 Å². The monoisotopic (exact) mass is 711 g/mol. The first-order valence-corrected chi connectivity index (χ1v) is 17.3. The third-order valence-corrected chi connectivity index (χ3v) is 8.78. The molecule has 284 valence electrons. The minimum Gasteiger partial charge on any atom is -0.462 e. The first kappa shape index (κ1) is 43.0. The van der Waals surface area contributed by atoms with Gasteiger partial charge >= 0.3 is 23.9 Å². The van der Waals surface area contributed by atoms with E-state index in [4.69, 9.17) is 33.2 Å². The highest BCUT2D eigenvalue weighted by molar-refractivity contribution is 5.72. The Morgan fingerprint density at radius 2 is 1.70 bits per heavy atom. The molecule has 0 aromatic heterocycles. The summed E-state index contributed by atoms with van der Waals surface area (Å²) in [5.41, 5.74) is 0. The Bertz CT molecular complexity index is 1170. The van der Waals surface area contributed by atoms with Gasteiger partial charge in [-0.1, -0.05) is 32.1 Å². The van der Waals surface area contributed by atoms with Gasteiger partial charge in [0.15, 0.2) is 6.29 Å². The third kappa shape index (κ3) is 13.2. The number of ether oxygens (including phenoxy) is 7. The van der Waals surface area contributed by atoms with Crippen molar-refractivity contribution in [3.63, 3.8) is 0 Å². The van der Waals surface area contributed by atoms with Crippen LogP contribution in [0.5, 0.6) is 0 Å². The maximum absolute atomic E-state index is 13.2. The SMILES string of the molecule is CCCC(=O)O[C@@H]1[C@@H](N(C)C)[C@H](O)[C@@H](O[C@H]2[C@@H](CC=O)C[C@@H](C)[C@@H](OC(C)=O)/C=C/C=C/C[C@@H](C)OC(=O)C[C@@H](OC(C)=O)[C@@H]2OC)O[C@H]1C. The van der Waals surface area contributed by atoms with Crippen LogP contribution >= 0.6 is 0 Å². The fraction of sp³-hybridized carbons (Fsp3) is 0.750. The third-order valence-electron chi connectivity index (χ3n) is 8.78. The van der Waals surface area contributed by atoms with Crippen molar-refractivity contribution in [3.05, 3.63) is 24.3 Å². The summed E-state index contributed by atoms with van der Waals surface area (Å²) in [5.74, 6) is -3.33. The number of carbonyl (C=O) groups is 5. The predicted molar refractivity (Wildman–Crippen MR) is 180 cm³/mol. The van der Waals surface area contributed by atoms with E-state index in [0.717, 1.165) is 0 Å². The Balaban J connectivity index is 2.68. The summed E-state index contributed by atoms with van der Waals surface area (Å²) in [6.07, 6.45) is -0.353. The zero-order chi connectivity index (χ0) is 37.5. The van der Waals surface area contributed by atoms with E-state index in [1.165, 1.54) is 21.0 Å². The first-order chi connectivity index (χ1) is 23.6.